The van der Waals surface area contributed by atoms with Crippen LogP contribution < -0.4 is 16.0 Å². The lowest BCUT2D eigenvalue weighted by atomic mass is 10.2. The lowest BCUT2D eigenvalue weighted by Gasteiger charge is -2.13. The van der Waals surface area contributed by atoms with Gasteiger partial charge in [0.2, 0.25) is 0 Å². The molecule has 1 heterocycles. The van der Waals surface area contributed by atoms with E-state index in [1.165, 1.54) is 0 Å². The maximum Gasteiger partial charge on any atom is 0.122 e. The minimum atomic E-state index is 0.307. The number of nitrogens with one attached hydrogen (secondary N) is 1. The van der Waals surface area contributed by atoms with Crippen LogP contribution in [0, 0.1) is 0 Å². The van der Waals surface area contributed by atoms with Crippen LogP contribution in [0.15, 0.2) is 42.6 Å². The summed E-state index contributed by atoms with van der Waals surface area (Å²) < 4.78 is 0. The quantitative estimate of drug-likeness (QED) is 0.838. The zero-order chi connectivity index (χ0) is 13.8. The molecule has 0 atom stereocenters. The maximum absolute atomic E-state index is 5.51. The summed E-state index contributed by atoms with van der Waals surface area (Å²) in [5.41, 5.74) is 9.20. The Morgan fingerprint density at radius 2 is 1.74 bits per heavy atom. The second kappa shape index (κ2) is 5.67. The number of nitrogens with zero attached hydrogens (tertiary/aromatic N) is 2. The van der Waals surface area contributed by atoms with Crippen LogP contribution in [0.4, 0.5) is 17.1 Å². The van der Waals surface area contributed by atoms with Crippen LogP contribution in [0.2, 0.25) is 0 Å². The molecule has 3 N–H and O–H groups in total. The molecule has 0 aliphatic rings. The largest absolute Gasteiger partial charge is 0.388 e. The summed E-state index contributed by atoms with van der Waals surface area (Å²) in [5, 5.41) is 3.27. The van der Waals surface area contributed by atoms with Crippen molar-refractivity contribution in [2.45, 2.75) is 0 Å². The van der Waals surface area contributed by atoms with Crippen molar-refractivity contribution < 1.29 is 0 Å². The van der Waals surface area contributed by atoms with Gasteiger partial charge in [0.05, 0.1) is 17.6 Å². The summed E-state index contributed by atoms with van der Waals surface area (Å²) in [6.45, 7) is 0. The van der Waals surface area contributed by atoms with Gasteiger partial charge < -0.3 is 16.0 Å². The van der Waals surface area contributed by atoms with Crippen molar-refractivity contribution in [3.8, 4) is 0 Å². The number of aromatic nitrogens is 1. The minimum Gasteiger partial charge on any atom is -0.388 e. The zero-order valence-electron chi connectivity index (χ0n) is 10.9. The second-order valence-electron chi connectivity index (χ2n) is 4.36. The molecule has 0 spiro atoms. The van der Waals surface area contributed by atoms with Gasteiger partial charge in [-0.15, -0.1) is 0 Å². The summed E-state index contributed by atoms with van der Waals surface area (Å²) in [6.07, 6.45) is 1.72. The molecule has 0 aliphatic carbocycles. The number of pyridine rings is 1. The average molecular weight is 272 g/mol. The molecule has 0 unspecified atom stereocenters. The SMILES string of the molecule is CN(C)c1ccc(Nc2ccc(C(N)=S)nc2)cc1. The Morgan fingerprint density at radius 3 is 2.21 bits per heavy atom. The molecular weight excluding hydrogens is 256 g/mol. The van der Waals surface area contributed by atoms with Crippen LogP contribution in [-0.4, -0.2) is 24.1 Å². The fraction of sp³-hybridized carbons (Fsp3) is 0.143. The first-order valence-electron chi connectivity index (χ1n) is 5.86. The lowest BCUT2D eigenvalue weighted by Crippen LogP contribution is -2.11. The molecule has 5 heteroatoms. The molecule has 0 saturated carbocycles. The van der Waals surface area contributed by atoms with Gasteiger partial charge >= 0.3 is 0 Å². The van der Waals surface area contributed by atoms with Gasteiger partial charge in [0, 0.05) is 25.5 Å². The first-order chi connectivity index (χ1) is 9.06. The fourth-order valence-corrected chi connectivity index (χ4v) is 1.74. The first kappa shape index (κ1) is 13.3. The third-order valence-electron chi connectivity index (χ3n) is 2.69. The molecule has 19 heavy (non-hydrogen) atoms. The summed E-state index contributed by atoms with van der Waals surface area (Å²) in [5.74, 6) is 0. The normalized spacial score (nSPS) is 10.0. The molecule has 2 aromatic rings. The smallest absolute Gasteiger partial charge is 0.122 e. The lowest BCUT2D eigenvalue weighted by molar-refractivity contribution is 1.13. The highest BCUT2D eigenvalue weighted by atomic mass is 32.1. The number of benzene rings is 1. The van der Waals surface area contributed by atoms with Crippen molar-refractivity contribution in [2.75, 3.05) is 24.3 Å². The predicted molar refractivity (Wildman–Crippen MR) is 84.2 cm³/mol. The van der Waals surface area contributed by atoms with Crippen LogP contribution in [0.25, 0.3) is 0 Å². The van der Waals surface area contributed by atoms with Gasteiger partial charge in [-0.25, -0.2) is 0 Å². The average Bonchev–Trinajstić information content (AvgIpc) is 2.40. The van der Waals surface area contributed by atoms with Gasteiger partial charge in [0.1, 0.15) is 4.99 Å². The molecule has 2 rings (SSSR count). The molecular formula is C14H16N4S. The Bertz CT molecular complexity index is 561. The van der Waals surface area contributed by atoms with Crippen LogP contribution in [0.3, 0.4) is 0 Å². The minimum absolute atomic E-state index is 0.307. The third kappa shape index (κ3) is 3.42. The number of nitrogens with two attached hydrogens (primary N) is 1. The van der Waals surface area contributed by atoms with E-state index in [0.717, 1.165) is 17.1 Å². The number of anilines is 3. The van der Waals surface area contributed by atoms with Crippen molar-refractivity contribution >= 4 is 34.3 Å². The van der Waals surface area contributed by atoms with Crippen molar-refractivity contribution in [3.63, 3.8) is 0 Å². The van der Waals surface area contributed by atoms with Gasteiger partial charge in [-0.1, -0.05) is 12.2 Å². The topological polar surface area (TPSA) is 54.2 Å². The van der Waals surface area contributed by atoms with E-state index in [9.17, 15) is 0 Å². The highest BCUT2D eigenvalue weighted by Crippen LogP contribution is 2.19. The van der Waals surface area contributed by atoms with Crippen molar-refractivity contribution in [1.29, 1.82) is 0 Å². The number of hydrogen-bond acceptors (Lipinski definition) is 4. The fourth-order valence-electron chi connectivity index (χ4n) is 1.62. The van der Waals surface area contributed by atoms with Crippen LogP contribution in [-0.2, 0) is 0 Å². The molecule has 1 aromatic carbocycles. The highest BCUT2D eigenvalue weighted by molar-refractivity contribution is 7.80. The summed E-state index contributed by atoms with van der Waals surface area (Å²) >= 11 is 4.86. The van der Waals surface area contributed by atoms with Crippen molar-refractivity contribution in [1.82, 2.24) is 4.98 Å². The van der Waals surface area contributed by atoms with E-state index in [2.05, 4.69) is 27.3 Å². The number of rotatable bonds is 4. The zero-order valence-corrected chi connectivity index (χ0v) is 11.7. The van der Waals surface area contributed by atoms with Crippen LogP contribution >= 0.6 is 12.2 Å². The van der Waals surface area contributed by atoms with E-state index in [1.54, 1.807) is 12.3 Å². The van der Waals surface area contributed by atoms with E-state index < -0.39 is 0 Å². The molecule has 0 amide bonds. The van der Waals surface area contributed by atoms with E-state index in [1.807, 2.05) is 32.3 Å². The highest BCUT2D eigenvalue weighted by Gasteiger charge is 2.00. The van der Waals surface area contributed by atoms with Gasteiger partial charge in [-0.3, -0.25) is 4.98 Å². The Hall–Kier alpha value is -2.14. The number of thiocarbonyl (C=S) groups is 1. The molecule has 0 radical (unpaired) electrons. The molecule has 0 saturated heterocycles. The Morgan fingerprint density at radius 1 is 1.11 bits per heavy atom. The molecule has 0 bridgehead atoms. The van der Waals surface area contributed by atoms with Crippen molar-refractivity contribution in [2.24, 2.45) is 5.73 Å². The Balaban J connectivity index is 2.10. The van der Waals surface area contributed by atoms with Crippen molar-refractivity contribution in [3.05, 3.63) is 48.3 Å². The molecule has 0 fully saturated rings. The second-order valence-corrected chi connectivity index (χ2v) is 4.80. The summed E-state index contributed by atoms with van der Waals surface area (Å²) in [4.78, 5) is 6.55. The summed E-state index contributed by atoms with van der Waals surface area (Å²) in [6, 6.07) is 11.9. The van der Waals surface area contributed by atoms with E-state index in [-0.39, 0.29) is 0 Å². The number of hydrogen-bond donors (Lipinski definition) is 2. The molecule has 4 nitrogen and oxygen atoms in total. The van der Waals surface area contributed by atoms with E-state index >= 15 is 0 Å². The third-order valence-corrected chi connectivity index (χ3v) is 2.90. The summed E-state index contributed by atoms with van der Waals surface area (Å²) in [7, 11) is 4.03. The van der Waals surface area contributed by atoms with E-state index in [4.69, 9.17) is 18.0 Å². The van der Waals surface area contributed by atoms with Gasteiger partial charge in [0.15, 0.2) is 0 Å². The van der Waals surface area contributed by atoms with Gasteiger partial charge in [-0.05, 0) is 36.4 Å². The van der Waals surface area contributed by atoms with E-state index in [0.29, 0.717) is 10.7 Å². The van der Waals surface area contributed by atoms with Crippen LogP contribution in [0.1, 0.15) is 5.69 Å². The van der Waals surface area contributed by atoms with Gasteiger partial charge in [-0.2, -0.15) is 0 Å². The monoisotopic (exact) mass is 272 g/mol. The molecule has 1 aromatic heterocycles. The Labute approximate surface area is 118 Å². The van der Waals surface area contributed by atoms with Gasteiger partial charge in [0.25, 0.3) is 0 Å². The standard InChI is InChI=1S/C14H16N4S/c1-18(2)12-6-3-10(4-7-12)17-11-5-8-13(14(15)19)16-9-11/h3-9,17H,1-2H3,(H2,15,19). The first-order valence-corrected chi connectivity index (χ1v) is 6.27. The molecule has 0 aliphatic heterocycles. The molecule has 98 valence electrons. The van der Waals surface area contributed by atoms with Crippen LogP contribution in [0.5, 0.6) is 0 Å². The predicted octanol–water partition coefficient (Wildman–Crippen LogP) is 2.53. The maximum atomic E-state index is 5.51. The Kier molecular flexibility index (Phi) is 3.97.